The molecule has 0 saturated heterocycles. The summed E-state index contributed by atoms with van der Waals surface area (Å²) in [6, 6.07) is 5.97. The van der Waals surface area contributed by atoms with Crippen molar-refractivity contribution in [3.63, 3.8) is 0 Å². The van der Waals surface area contributed by atoms with Gasteiger partial charge < -0.3 is 0 Å². The topological polar surface area (TPSA) is 12.9 Å². The minimum Gasteiger partial charge on any atom is -0.250 e. The van der Waals surface area contributed by atoms with E-state index in [2.05, 4.69) is 11.2 Å². The quantitative estimate of drug-likeness (QED) is 0.512. The summed E-state index contributed by atoms with van der Waals surface area (Å²) in [6.07, 6.45) is 3.92. The Balaban J connectivity index is 2.43. The highest BCUT2D eigenvalue weighted by molar-refractivity contribution is 8.15. The lowest BCUT2D eigenvalue weighted by Gasteiger charge is -1.94. The Morgan fingerprint density at radius 2 is 2.40 bits per heavy atom. The second kappa shape index (κ2) is 4.63. The molecule has 54 valence electrons. The fraction of sp³-hybridized carbons (Fsp3) is 0.286. The van der Waals surface area contributed by atoms with Crippen molar-refractivity contribution in [3.8, 4) is 0 Å². The highest BCUT2D eigenvalue weighted by Gasteiger charge is 1.89. The minimum absolute atomic E-state index is 1.08. The fourth-order valence-electron chi connectivity index (χ4n) is 0.552. The normalized spacial score (nSPS) is 9.70. The van der Waals surface area contributed by atoms with Crippen molar-refractivity contribution >= 4 is 23.5 Å². The maximum atomic E-state index is 4.17. The van der Waals surface area contributed by atoms with E-state index in [-0.39, 0.29) is 0 Å². The Labute approximate surface area is 69.6 Å². The molecule has 0 fully saturated rings. The average molecular weight is 171 g/mol. The Kier molecular flexibility index (Phi) is 3.68. The summed E-state index contributed by atoms with van der Waals surface area (Å²) in [5.74, 6) is 0. The Morgan fingerprint density at radius 1 is 1.50 bits per heavy atom. The van der Waals surface area contributed by atoms with Gasteiger partial charge in [-0.2, -0.15) is 11.8 Å². The monoisotopic (exact) mass is 171 g/mol. The van der Waals surface area contributed by atoms with Crippen molar-refractivity contribution in [1.82, 2.24) is 4.98 Å². The van der Waals surface area contributed by atoms with Gasteiger partial charge in [-0.1, -0.05) is 17.8 Å². The molecule has 0 N–H and O–H groups in total. The van der Waals surface area contributed by atoms with Crippen LogP contribution in [0.25, 0.3) is 0 Å². The second-order valence-corrected chi connectivity index (χ2v) is 3.95. The van der Waals surface area contributed by atoms with E-state index in [1.807, 2.05) is 36.2 Å². The molecule has 1 nitrogen and oxygen atoms in total. The molecular formula is C7H9NS2. The molecule has 1 aromatic rings. The lowest BCUT2D eigenvalue weighted by Crippen LogP contribution is -1.76. The fourth-order valence-corrected chi connectivity index (χ4v) is 1.82. The van der Waals surface area contributed by atoms with Gasteiger partial charge in [-0.15, -0.1) is 0 Å². The van der Waals surface area contributed by atoms with Crippen LogP contribution in [0.3, 0.4) is 0 Å². The molecule has 0 unspecified atom stereocenters. The SMILES string of the molecule is CSCSc1ccccn1. The van der Waals surface area contributed by atoms with E-state index in [0.717, 1.165) is 10.1 Å². The molecule has 1 heterocycles. The second-order valence-electron chi connectivity index (χ2n) is 1.72. The molecule has 0 aliphatic carbocycles. The maximum absolute atomic E-state index is 4.17. The van der Waals surface area contributed by atoms with Gasteiger partial charge in [-0.3, -0.25) is 0 Å². The predicted octanol–water partition coefficient (Wildman–Crippen LogP) is 2.49. The third-order valence-corrected chi connectivity index (χ3v) is 2.91. The zero-order valence-corrected chi connectivity index (χ0v) is 7.41. The molecule has 0 radical (unpaired) electrons. The van der Waals surface area contributed by atoms with Gasteiger partial charge in [0.25, 0.3) is 0 Å². The first-order valence-corrected chi connectivity index (χ1v) is 5.34. The molecule has 0 bridgehead atoms. The van der Waals surface area contributed by atoms with Gasteiger partial charge in [0, 0.05) is 11.3 Å². The molecule has 1 aromatic heterocycles. The number of pyridine rings is 1. The summed E-state index contributed by atoms with van der Waals surface area (Å²) in [4.78, 5) is 4.17. The number of hydrogen-bond donors (Lipinski definition) is 0. The van der Waals surface area contributed by atoms with Crippen LogP contribution in [0.4, 0.5) is 0 Å². The average Bonchev–Trinajstić information content (AvgIpc) is 2.03. The molecule has 0 aromatic carbocycles. The van der Waals surface area contributed by atoms with Crippen molar-refractivity contribution in [2.24, 2.45) is 0 Å². The first kappa shape index (κ1) is 7.95. The van der Waals surface area contributed by atoms with Gasteiger partial charge in [0.2, 0.25) is 0 Å². The van der Waals surface area contributed by atoms with Crippen molar-refractivity contribution < 1.29 is 0 Å². The molecule has 0 atom stereocenters. The first-order valence-electron chi connectivity index (χ1n) is 2.96. The summed E-state index contributed by atoms with van der Waals surface area (Å²) in [7, 11) is 0. The number of aromatic nitrogens is 1. The lowest BCUT2D eigenvalue weighted by atomic mass is 10.5. The van der Waals surface area contributed by atoms with Gasteiger partial charge in [-0.25, -0.2) is 4.98 Å². The van der Waals surface area contributed by atoms with E-state index >= 15 is 0 Å². The van der Waals surface area contributed by atoms with Gasteiger partial charge >= 0.3 is 0 Å². The summed E-state index contributed by atoms with van der Waals surface area (Å²) < 4.78 is 0. The van der Waals surface area contributed by atoms with Crippen LogP contribution in [0.15, 0.2) is 29.4 Å². The summed E-state index contributed by atoms with van der Waals surface area (Å²) in [5.41, 5.74) is 0. The summed E-state index contributed by atoms with van der Waals surface area (Å²) >= 11 is 3.59. The molecular weight excluding hydrogens is 162 g/mol. The zero-order valence-electron chi connectivity index (χ0n) is 5.78. The van der Waals surface area contributed by atoms with Crippen LogP contribution in [-0.2, 0) is 0 Å². The van der Waals surface area contributed by atoms with Crippen LogP contribution in [0.5, 0.6) is 0 Å². The van der Waals surface area contributed by atoms with Crippen LogP contribution < -0.4 is 0 Å². The van der Waals surface area contributed by atoms with Crippen molar-refractivity contribution in [2.75, 3.05) is 11.3 Å². The van der Waals surface area contributed by atoms with Gasteiger partial charge in [0.05, 0.1) is 5.03 Å². The molecule has 0 spiro atoms. The minimum atomic E-state index is 1.08. The van der Waals surface area contributed by atoms with E-state index in [0.29, 0.717) is 0 Å². The molecule has 3 heteroatoms. The van der Waals surface area contributed by atoms with Crippen molar-refractivity contribution in [2.45, 2.75) is 5.03 Å². The van der Waals surface area contributed by atoms with Crippen LogP contribution in [0.2, 0.25) is 0 Å². The molecule has 0 amide bonds. The number of nitrogens with zero attached hydrogens (tertiary/aromatic N) is 1. The third-order valence-electron chi connectivity index (χ3n) is 0.962. The molecule has 10 heavy (non-hydrogen) atoms. The largest absolute Gasteiger partial charge is 0.250 e. The van der Waals surface area contributed by atoms with Crippen LogP contribution in [0.1, 0.15) is 0 Å². The number of hydrogen-bond acceptors (Lipinski definition) is 3. The molecule has 0 aliphatic rings. The van der Waals surface area contributed by atoms with Gasteiger partial charge in [0.15, 0.2) is 0 Å². The van der Waals surface area contributed by atoms with Crippen molar-refractivity contribution in [3.05, 3.63) is 24.4 Å². The summed E-state index contributed by atoms with van der Waals surface area (Å²) in [6.45, 7) is 0. The number of rotatable bonds is 3. The predicted molar refractivity (Wildman–Crippen MR) is 48.5 cm³/mol. The lowest BCUT2D eigenvalue weighted by molar-refractivity contribution is 1.14. The molecule has 1 rings (SSSR count). The van der Waals surface area contributed by atoms with E-state index < -0.39 is 0 Å². The van der Waals surface area contributed by atoms with Crippen molar-refractivity contribution in [1.29, 1.82) is 0 Å². The van der Waals surface area contributed by atoms with Gasteiger partial charge in [-0.05, 0) is 18.4 Å². The van der Waals surface area contributed by atoms with E-state index in [4.69, 9.17) is 0 Å². The Morgan fingerprint density at radius 3 is 3.00 bits per heavy atom. The van der Waals surface area contributed by atoms with Crippen LogP contribution in [-0.4, -0.2) is 16.3 Å². The van der Waals surface area contributed by atoms with E-state index in [1.165, 1.54) is 0 Å². The Hall–Kier alpha value is -0.150. The smallest absolute Gasteiger partial charge is 0.0967 e. The standard InChI is InChI=1S/C7H9NS2/c1-9-6-10-7-4-2-3-5-8-7/h2-5H,6H2,1H3. The van der Waals surface area contributed by atoms with E-state index in [1.54, 1.807) is 11.8 Å². The van der Waals surface area contributed by atoms with Gasteiger partial charge in [0.1, 0.15) is 0 Å². The highest BCUT2D eigenvalue weighted by Crippen LogP contribution is 2.17. The van der Waals surface area contributed by atoms with Crippen LogP contribution in [0, 0.1) is 0 Å². The first-order chi connectivity index (χ1) is 4.93. The third kappa shape index (κ3) is 2.62. The van der Waals surface area contributed by atoms with E-state index in [9.17, 15) is 0 Å². The zero-order chi connectivity index (χ0) is 7.23. The molecule has 0 aliphatic heterocycles. The highest BCUT2D eigenvalue weighted by atomic mass is 32.2. The molecule has 0 saturated carbocycles. The van der Waals surface area contributed by atoms with Crippen LogP contribution >= 0.6 is 23.5 Å². The number of thioether (sulfide) groups is 2. The summed E-state index contributed by atoms with van der Waals surface area (Å²) in [5, 5.41) is 2.19. The Bertz CT molecular complexity index is 176. The maximum Gasteiger partial charge on any atom is 0.0967 e.